The van der Waals surface area contributed by atoms with Gasteiger partial charge in [-0.1, -0.05) is 6.92 Å². The molecule has 15 heavy (non-hydrogen) atoms. The molecule has 0 aromatic rings. The van der Waals surface area contributed by atoms with Crippen molar-refractivity contribution in [3.63, 3.8) is 0 Å². The Labute approximate surface area is 91.1 Å². The van der Waals surface area contributed by atoms with E-state index >= 15 is 0 Å². The van der Waals surface area contributed by atoms with Gasteiger partial charge in [-0.25, -0.2) is 8.42 Å². The predicted molar refractivity (Wildman–Crippen MR) is 57.0 cm³/mol. The molecular formula is C10H17NO3S. The number of methoxy groups -OCH3 is 1. The minimum absolute atomic E-state index is 0.0715. The van der Waals surface area contributed by atoms with Gasteiger partial charge in [0.1, 0.15) is 9.84 Å². The molecule has 0 heterocycles. The number of nitrogens with zero attached hydrogens (tertiary/aromatic N) is 1. The topological polar surface area (TPSA) is 67.2 Å². The molecular weight excluding hydrogens is 214 g/mol. The second kappa shape index (κ2) is 4.11. The second-order valence-corrected chi connectivity index (χ2v) is 6.82. The van der Waals surface area contributed by atoms with E-state index in [-0.39, 0.29) is 11.2 Å². The Morgan fingerprint density at radius 1 is 1.60 bits per heavy atom. The van der Waals surface area contributed by atoms with Gasteiger partial charge in [0, 0.05) is 13.4 Å². The van der Waals surface area contributed by atoms with Crippen molar-refractivity contribution in [3.05, 3.63) is 0 Å². The van der Waals surface area contributed by atoms with Crippen LogP contribution in [0.3, 0.4) is 0 Å². The van der Waals surface area contributed by atoms with Crippen LogP contribution in [0, 0.1) is 22.7 Å². The van der Waals surface area contributed by atoms with Crippen molar-refractivity contribution in [1.82, 2.24) is 0 Å². The maximum atomic E-state index is 11.4. The normalized spacial score (nSPS) is 36.4. The van der Waals surface area contributed by atoms with Crippen LogP contribution in [0.15, 0.2) is 0 Å². The molecule has 1 saturated carbocycles. The maximum Gasteiger partial charge on any atom is 0.150 e. The highest BCUT2D eigenvalue weighted by atomic mass is 32.2. The first-order valence-corrected chi connectivity index (χ1v) is 6.90. The third-order valence-electron chi connectivity index (χ3n) is 3.38. The van der Waals surface area contributed by atoms with Gasteiger partial charge in [0.2, 0.25) is 0 Å². The monoisotopic (exact) mass is 231 g/mol. The van der Waals surface area contributed by atoms with Crippen molar-refractivity contribution in [2.75, 3.05) is 20.0 Å². The van der Waals surface area contributed by atoms with Gasteiger partial charge in [-0.3, -0.25) is 0 Å². The van der Waals surface area contributed by atoms with Crippen molar-refractivity contribution in [3.8, 4) is 6.07 Å². The molecule has 0 amide bonds. The van der Waals surface area contributed by atoms with Crippen molar-refractivity contribution >= 4 is 9.84 Å². The fourth-order valence-electron chi connectivity index (χ4n) is 2.28. The molecule has 0 aromatic carbocycles. The molecule has 4 nitrogen and oxygen atoms in total. The minimum atomic E-state index is -3.04. The molecule has 0 radical (unpaired) electrons. The molecule has 86 valence electrons. The Bertz CT molecular complexity index is 371. The Hall–Kier alpha value is -0.600. The van der Waals surface area contributed by atoms with Crippen LogP contribution in [0.25, 0.3) is 0 Å². The third kappa shape index (κ3) is 2.32. The predicted octanol–water partition coefficient (Wildman–Crippen LogP) is 0.986. The lowest BCUT2D eigenvalue weighted by atomic mass is 9.81. The van der Waals surface area contributed by atoms with Gasteiger partial charge in [0.05, 0.1) is 23.3 Å². The zero-order valence-electron chi connectivity index (χ0n) is 9.36. The summed E-state index contributed by atoms with van der Waals surface area (Å²) in [5.41, 5.74) is -0.623. The molecule has 1 rings (SSSR count). The summed E-state index contributed by atoms with van der Waals surface area (Å²) in [6.45, 7) is 2.24. The lowest BCUT2D eigenvalue weighted by Crippen LogP contribution is -2.28. The molecule has 0 bridgehead atoms. The van der Waals surface area contributed by atoms with E-state index in [1.807, 2.05) is 6.92 Å². The van der Waals surface area contributed by atoms with Crippen LogP contribution in [0.1, 0.15) is 19.8 Å². The number of nitriles is 1. The standard InChI is InChI=1S/C10H17NO3S/c1-8-4-9(15(3,12)13)5-10(8,6-11)7-14-2/h8-9H,4-5,7H2,1-3H3. The molecule has 1 fully saturated rings. The van der Waals surface area contributed by atoms with E-state index in [1.54, 1.807) is 7.11 Å². The van der Waals surface area contributed by atoms with Gasteiger partial charge in [0.15, 0.2) is 0 Å². The molecule has 0 spiro atoms. The Kier molecular flexibility index (Phi) is 3.41. The van der Waals surface area contributed by atoms with Gasteiger partial charge < -0.3 is 4.74 Å². The van der Waals surface area contributed by atoms with Crippen molar-refractivity contribution in [2.45, 2.75) is 25.0 Å². The van der Waals surface area contributed by atoms with E-state index in [1.165, 1.54) is 6.26 Å². The largest absolute Gasteiger partial charge is 0.383 e. The van der Waals surface area contributed by atoms with Gasteiger partial charge in [-0.15, -0.1) is 0 Å². The number of hydrogen-bond acceptors (Lipinski definition) is 4. The van der Waals surface area contributed by atoms with E-state index in [4.69, 9.17) is 4.74 Å². The number of hydrogen-bond donors (Lipinski definition) is 0. The zero-order valence-corrected chi connectivity index (χ0v) is 10.2. The first-order valence-electron chi connectivity index (χ1n) is 4.95. The van der Waals surface area contributed by atoms with Crippen LogP contribution >= 0.6 is 0 Å². The molecule has 1 aliphatic rings. The smallest absolute Gasteiger partial charge is 0.150 e. The summed E-state index contributed by atoms with van der Waals surface area (Å²) in [7, 11) is -1.50. The Morgan fingerprint density at radius 3 is 2.53 bits per heavy atom. The highest BCUT2D eigenvalue weighted by molar-refractivity contribution is 7.91. The number of sulfone groups is 1. The van der Waals surface area contributed by atoms with Crippen molar-refractivity contribution in [2.24, 2.45) is 11.3 Å². The van der Waals surface area contributed by atoms with E-state index in [0.717, 1.165) is 0 Å². The van der Waals surface area contributed by atoms with Crippen LogP contribution in [0.4, 0.5) is 0 Å². The summed E-state index contributed by atoms with van der Waals surface area (Å²) >= 11 is 0. The van der Waals surface area contributed by atoms with E-state index in [9.17, 15) is 13.7 Å². The molecule has 0 aromatic heterocycles. The summed E-state index contributed by atoms with van der Waals surface area (Å²) in [5, 5.41) is 8.79. The lowest BCUT2D eigenvalue weighted by molar-refractivity contribution is 0.0951. The second-order valence-electron chi connectivity index (χ2n) is 4.49. The van der Waals surface area contributed by atoms with Gasteiger partial charge in [-0.05, 0) is 18.8 Å². The zero-order chi connectivity index (χ0) is 11.7. The average Bonchev–Trinajstić information content (AvgIpc) is 2.45. The van der Waals surface area contributed by atoms with Gasteiger partial charge in [0.25, 0.3) is 0 Å². The Morgan fingerprint density at radius 2 is 2.20 bits per heavy atom. The van der Waals surface area contributed by atoms with Crippen LogP contribution in [0.2, 0.25) is 0 Å². The molecule has 5 heteroatoms. The Balaban J connectivity index is 2.93. The SMILES string of the molecule is COCC1(C#N)CC(S(C)(=O)=O)CC1C. The molecule has 1 aliphatic carbocycles. The van der Waals surface area contributed by atoms with Crippen LogP contribution < -0.4 is 0 Å². The van der Waals surface area contributed by atoms with Crippen molar-refractivity contribution in [1.29, 1.82) is 5.26 Å². The number of ether oxygens (including phenoxy) is 1. The highest BCUT2D eigenvalue weighted by Gasteiger charge is 2.48. The van der Waals surface area contributed by atoms with Crippen LogP contribution in [-0.2, 0) is 14.6 Å². The molecule has 3 atom stereocenters. The first kappa shape index (κ1) is 12.5. The minimum Gasteiger partial charge on any atom is -0.383 e. The maximum absolute atomic E-state index is 11.4. The average molecular weight is 231 g/mol. The third-order valence-corrected chi connectivity index (χ3v) is 4.95. The van der Waals surface area contributed by atoms with Gasteiger partial charge >= 0.3 is 0 Å². The van der Waals surface area contributed by atoms with Gasteiger partial charge in [-0.2, -0.15) is 5.26 Å². The fourth-order valence-corrected chi connectivity index (χ4v) is 3.52. The molecule has 0 saturated heterocycles. The first-order chi connectivity index (χ1) is 6.85. The summed E-state index contributed by atoms with van der Waals surface area (Å²) in [5.74, 6) is 0.0715. The fraction of sp³-hybridized carbons (Fsp3) is 0.900. The lowest BCUT2D eigenvalue weighted by Gasteiger charge is -2.24. The summed E-state index contributed by atoms with van der Waals surface area (Å²) in [6.07, 6.45) is 2.21. The summed E-state index contributed by atoms with van der Waals surface area (Å²) in [6, 6.07) is 2.24. The van der Waals surface area contributed by atoms with E-state index in [0.29, 0.717) is 19.4 Å². The molecule has 0 aliphatic heterocycles. The van der Waals surface area contributed by atoms with E-state index in [2.05, 4.69) is 6.07 Å². The highest BCUT2D eigenvalue weighted by Crippen LogP contribution is 2.45. The van der Waals surface area contributed by atoms with E-state index < -0.39 is 15.3 Å². The molecule has 3 unspecified atom stereocenters. The quantitative estimate of drug-likeness (QED) is 0.726. The summed E-state index contributed by atoms with van der Waals surface area (Å²) < 4.78 is 27.9. The van der Waals surface area contributed by atoms with Crippen LogP contribution in [-0.4, -0.2) is 33.6 Å². The molecule has 0 N–H and O–H groups in total. The summed E-state index contributed by atoms with van der Waals surface area (Å²) in [4.78, 5) is 0. The van der Waals surface area contributed by atoms with Crippen molar-refractivity contribution < 1.29 is 13.2 Å². The number of rotatable bonds is 3. The van der Waals surface area contributed by atoms with Crippen LogP contribution in [0.5, 0.6) is 0 Å².